The van der Waals surface area contributed by atoms with Crippen LogP contribution in [0.5, 0.6) is 0 Å². The number of sulfonamides is 1. The fourth-order valence-corrected chi connectivity index (χ4v) is 5.23. The highest BCUT2D eigenvalue weighted by Gasteiger charge is 2.23. The molecule has 0 unspecified atom stereocenters. The number of aryl methyl sites for hydroxylation is 2. The van der Waals surface area contributed by atoms with E-state index in [-0.39, 0.29) is 0 Å². The maximum atomic E-state index is 12.7. The normalized spacial score (nSPS) is 16.5. The molecule has 0 spiro atoms. The highest BCUT2D eigenvalue weighted by Crippen LogP contribution is 2.23. The van der Waals surface area contributed by atoms with Crippen LogP contribution in [-0.4, -0.2) is 33.0 Å². The Kier molecular flexibility index (Phi) is 5.76. The van der Waals surface area contributed by atoms with Crippen molar-refractivity contribution in [3.63, 3.8) is 0 Å². The van der Waals surface area contributed by atoms with Crippen LogP contribution in [0.2, 0.25) is 0 Å². The van der Waals surface area contributed by atoms with Gasteiger partial charge in [0, 0.05) is 18.7 Å². The molecule has 2 aromatic carbocycles. The van der Waals surface area contributed by atoms with Gasteiger partial charge in [-0.1, -0.05) is 30.3 Å². The molecule has 0 amide bonds. The van der Waals surface area contributed by atoms with Gasteiger partial charge < -0.3 is 4.42 Å². The summed E-state index contributed by atoms with van der Waals surface area (Å²) in [6.07, 6.45) is 1.99. The molecule has 1 saturated heterocycles. The van der Waals surface area contributed by atoms with Crippen molar-refractivity contribution in [2.75, 3.05) is 19.6 Å². The second-order valence-electron chi connectivity index (χ2n) is 8.02. The number of rotatable bonds is 6. The van der Waals surface area contributed by atoms with Gasteiger partial charge in [-0.3, -0.25) is 4.90 Å². The van der Waals surface area contributed by atoms with Crippen LogP contribution in [0.1, 0.15) is 29.9 Å². The number of piperidine rings is 1. The molecular weight excluding hydrogens is 384 g/mol. The van der Waals surface area contributed by atoms with Crippen molar-refractivity contribution >= 4 is 20.8 Å². The first kappa shape index (κ1) is 20.1. The Balaban J connectivity index is 1.31. The Morgan fingerprint density at radius 3 is 2.45 bits per heavy atom. The lowest BCUT2D eigenvalue weighted by molar-refractivity contribution is 0.178. The van der Waals surface area contributed by atoms with Crippen LogP contribution in [-0.2, 0) is 16.6 Å². The molecule has 3 aromatic rings. The van der Waals surface area contributed by atoms with Crippen LogP contribution < -0.4 is 4.72 Å². The molecule has 1 aromatic heterocycles. The largest absolute Gasteiger partial charge is 0.466 e. The number of furan rings is 1. The molecule has 0 atom stereocenters. The van der Waals surface area contributed by atoms with Gasteiger partial charge in [0.2, 0.25) is 10.0 Å². The van der Waals surface area contributed by atoms with Gasteiger partial charge >= 0.3 is 0 Å². The monoisotopic (exact) mass is 412 g/mol. The van der Waals surface area contributed by atoms with Crippen molar-refractivity contribution in [3.8, 4) is 0 Å². The van der Waals surface area contributed by atoms with Crippen LogP contribution in [0.25, 0.3) is 10.8 Å². The molecule has 4 rings (SSSR count). The Morgan fingerprint density at radius 2 is 1.76 bits per heavy atom. The molecule has 6 heteroatoms. The van der Waals surface area contributed by atoms with Crippen LogP contribution in [0.3, 0.4) is 0 Å². The second kappa shape index (κ2) is 8.30. The number of hydrogen-bond acceptors (Lipinski definition) is 4. The fraction of sp³-hybridized carbons (Fsp3) is 0.391. The van der Waals surface area contributed by atoms with Gasteiger partial charge in [0.1, 0.15) is 11.5 Å². The third kappa shape index (κ3) is 4.71. The summed E-state index contributed by atoms with van der Waals surface area (Å²) >= 11 is 0. The maximum absolute atomic E-state index is 12.7. The summed E-state index contributed by atoms with van der Waals surface area (Å²) in [5, 5.41) is 1.98. The van der Waals surface area contributed by atoms with E-state index in [0.717, 1.165) is 54.8 Å². The summed E-state index contributed by atoms with van der Waals surface area (Å²) in [5.74, 6) is 2.32. The summed E-state index contributed by atoms with van der Waals surface area (Å²) in [7, 11) is -3.49. The van der Waals surface area contributed by atoms with Crippen molar-refractivity contribution in [2.24, 2.45) is 5.92 Å². The minimum Gasteiger partial charge on any atom is -0.466 e. The smallest absolute Gasteiger partial charge is 0.240 e. The molecule has 154 valence electrons. The van der Waals surface area contributed by atoms with E-state index in [1.165, 1.54) is 5.56 Å². The molecule has 1 N–H and O–H groups in total. The molecular formula is C23H28N2O3S. The first-order valence-corrected chi connectivity index (χ1v) is 11.7. The summed E-state index contributed by atoms with van der Waals surface area (Å²) in [6.45, 7) is 7.34. The van der Waals surface area contributed by atoms with Crippen molar-refractivity contribution < 1.29 is 12.8 Å². The highest BCUT2D eigenvalue weighted by atomic mass is 32.2. The quantitative estimate of drug-likeness (QED) is 0.658. The Morgan fingerprint density at radius 1 is 1.03 bits per heavy atom. The third-order valence-corrected chi connectivity index (χ3v) is 7.26. The fourth-order valence-electron chi connectivity index (χ4n) is 4.08. The van der Waals surface area contributed by atoms with Gasteiger partial charge in [-0.25, -0.2) is 13.1 Å². The van der Waals surface area contributed by atoms with Gasteiger partial charge in [0.05, 0.1) is 4.90 Å². The highest BCUT2D eigenvalue weighted by molar-refractivity contribution is 7.89. The van der Waals surface area contributed by atoms with Gasteiger partial charge in [0.15, 0.2) is 0 Å². The molecule has 0 aliphatic carbocycles. The Bertz CT molecular complexity index is 1100. The molecule has 5 nitrogen and oxygen atoms in total. The zero-order chi connectivity index (χ0) is 20.4. The summed E-state index contributed by atoms with van der Waals surface area (Å²) in [4.78, 5) is 2.76. The van der Waals surface area contributed by atoms with Crippen molar-refractivity contribution in [1.82, 2.24) is 9.62 Å². The van der Waals surface area contributed by atoms with Crippen LogP contribution in [0, 0.1) is 19.8 Å². The van der Waals surface area contributed by atoms with Crippen molar-refractivity contribution in [2.45, 2.75) is 38.1 Å². The standard InChI is InChI=1S/C23H28N2O3S/c1-17-13-22(18(2)28-17)16-25-11-9-19(10-12-25)15-24-29(26,27)23-8-7-20-5-3-4-6-21(20)14-23/h3-8,13-14,19,24H,9-12,15-16H2,1-2H3. The van der Waals surface area contributed by atoms with E-state index in [1.54, 1.807) is 12.1 Å². The minimum absolute atomic E-state index is 0.333. The number of fused-ring (bicyclic) bond motifs is 1. The van der Waals surface area contributed by atoms with E-state index in [4.69, 9.17) is 4.42 Å². The molecule has 1 fully saturated rings. The lowest BCUT2D eigenvalue weighted by atomic mass is 9.97. The predicted octanol–water partition coefficient (Wildman–Crippen LogP) is 4.24. The first-order valence-electron chi connectivity index (χ1n) is 10.2. The molecule has 0 radical (unpaired) electrons. The SMILES string of the molecule is Cc1cc(CN2CCC(CNS(=O)(=O)c3ccc4ccccc4c3)CC2)c(C)o1. The first-order chi connectivity index (χ1) is 13.9. The van der Waals surface area contributed by atoms with Gasteiger partial charge in [-0.2, -0.15) is 0 Å². The number of nitrogens with zero attached hydrogens (tertiary/aromatic N) is 1. The van der Waals surface area contributed by atoms with Crippen LogP contribution in [0.4, 0.5) is 0 Å². The summed E-state index contributed by atoms with van der Waals surface area (Å²) in [6, 6.07) is 15.2. The van der Waals surface area contributed by atoms with Gasteiger partial charge in [0.25, 0.3) is 0 Å². The summed E-state index contributed by atoms with van der Waals surface area (Å²) in [5.41, 5.74) is 1.25. The lowest BCUT2D eigenvalue weighted by Gasteiger charge is -2.31. The lowest BCUT2D eigenvalue weighted by Crippen LogP contribution is -2.38. The van der Waals surface area contributed by atoms with E-state index in [1.807, 2.05) is 44.2 Å². The Hall–Kier alpha value is -2.15. The van der Waals surface area contributed by atoms with E-state index in [2.05, 4.69) is 15.7 Å². The molecule has 0 bridgehead atoms. The zero-order valence-corrected chi connectivity index (χ0v) is 17.8. The van der Waals surface area contributed by atoms with Crippen LogP contribution in [0.15, 0.2) is 57.8 Å². The van der Waals surface area contributed by atoms with Crippen molar-refractivity contribution in [1.29, 1.82) is 0 Å². The summed E-state index contributed by atoms with van der Waals surface area (Å²) < 4.78 is 33.9. The van der Waals surface area contributed by atoms with E-state index in [0.29, 0.717) is 17.4 Å². The molecule has 29 heavy (non-hydrogen) atoms. The molecule has 0 saturated carbocycles. The molecule has 2 heterocycles. The number of hydrogen-bond donors (Lipinski definition) is 1. The number of likely N-dealkylation sites (tertiary alicyclic amines) is 1. The third-order valence-electron chi connectivity index (χ3n) is 5.84. The van der Waals surface area contributed by atoms with E-state index >= 15 is 0 Å². The van der Waals surface area contributed by atoms with Crippen molar-refractivity contribution in [3.05, 3.63) is 65.6 Å². The van der Waals surface area contributed by atoms with E-state index in [9.17, 15) is 8.42 Å². The Labute approximate surface area is 172 Å². The zero-order valence-electron chi connectivity index (χ0n) is 17.0. The maximum Gasteiger partial charge on any atom is 0.240 e. The number of benzene rings is 2. The molecule has 1 aliphatic rings. The van der Waals surface area contributed by atoms with Gasteiger partial charge in [-0.15, -0.1) is 0 Å². The average molecular weight is 413 g/mol. The van der Waals surface area contributed by atoms with E-state index < -0.39 is 10.0 Å². The second-order valence-corrected chi connectivity index (χ2v) is 9.79. The predicted molar refractivity (Wildman–Crippen MR) is 115 cm³/mol. The number of nitrogens with one attached hydrogen (secondary N) is 1. The van der Waals surface area contributed by atoms with Gasteiger partial charge in [-0.05, 0) is 74.7 Å². The minimum atomic E-state index is -3.49. The van der Waals surface area contributed by atoms with Crippen LogP contribution >= 0.6 is 0 Å². The average Bonchev–Trinajstić information content (AvgIpc) is 3.04. The topological polar surface area (TPSA) is 62.6 Å². The molecule has 1 aliphatic heterocycles.